The lowest BCUT2D eigenvalue weighted by molar-refractivity contribution is 0.00578. The molecule has 2 rings (SSSR count). The molecule has 1 aromatic heterocycles. The topological polar surface area (TPSA) is 40.6 Å². The number of aromatic nitrogens is 1. The summed E-state index contributed by atoms with van der Waals surface area (Å²) in [5.74, 6) is -0.146. The van der Waals surface area contributed by atoms with E-state index in [4.69, 9.17) is 23.6 Å². The van der Waals surface area contributed by atoms with Gasteiger partial charge in [0.15, 0.2) is 0 Å². The van der Waals surface area contributed by atoms with Gasteiger partial charge in [-0.2, -0.15) is 0 Å². The summed E-state index contributed by atoms with van der Waals surface area (Å²) in [6, 6.07) is 2.82. The van der Waals surface area contributed by atoms with Crippen molar-refractivity contribution in [2.75, 3.05) is 0 Å². The standard InChI is InChI=1S/C14H22BNO3/c1-10(2)17-11-7-8-12(16-9-11)15-18-13(3,4)14(5,6)19-15/h7-10H,1-6H3/i1D3,2D3,10D. The summed E-state index contributed by atoms with van der Waals surface area (Å²) in [5, 5.41) is 0. The van der Waals surface area contributed by atoms with Gasteiger partial charge in [0.2, 0.25) is 0 Å². The van der Waals surface area contributed by atoms with E-state index in [1.165, 1.54) is 12.1 Å². The van der Waals surface area contributed by atoms with Crippen molar-refractivity contribution in [3.63, 3.8) is 0 Å². The summed E-state index contributed by atoms with van der Waals surface area (Å²) in [6.07, 6.45) is -1.95. The van der Waals surface area contributed by atoms with Crippen LogP contribution < -0.4 is 10.3 Å². The van der Waals surface area contributed by atoms with Gasteiger partial charge in [0.1, 0.15) is 5.75 Å². The van der Waals surface area contributed by atoms with Crippen LogP contribution in [0.4, 0.5) is 0 Å². The first kappa shape index (κ1) is 7.65. The molecule has 0 amide bonds. The summed E-state index contributed by atoms with van der Waals surface area (Å²) < 4.78 is 68.7. The first-order valence-electron chi connectivity index (χ1n) is 9.51. The van der Waals surface area contributed by atoms with E-state index in [0.717, 1.165) is 6.20 Å². The predicted molar refractivity (Wildman–Crippen MR) is 75.7 cm³/mol. The number of rotatable bonds is 3. The Morgan fingerprint density at radius 1 is 1.26 bits per heavy atom. The van der Waals surface area contributed by atoms with Crippen molar-refractivity contribution < 1.29 is 23.6 Å². The molecule has 0 unspecified atom stereocenters. The quantitative estimate of drug-likeness (QED) is 0.789. The highest BCUT2D eigenvalue weighted by molar-refractivity contribution is 6.61. The fourth-order valence-corrected chi connectivity index (χ4v) is 1.67. The summed E-state index contributed by atoms with van der Waals surface area (Å²) >= 11 is 0. The van der Waals surface area contributed by atoms with Crippen molar-refractivity contribution in [2.45, 2.75) is 58.7 Å². The SMILES string of the molecule is [2H]C([2H])([2H])C([2H])(Oc1ccc(B2OC(C)(C)C(C)(C)O2)nc1)C([2H])([2H])[2H]. The summed E-state index contributed by atoms with van der Waals surface area (Å²) in [5.41, 5.74) is -0.671. The monoisotopic (exact) mass is 270 g/mol. The number of pyridine rings is 1. The Kier molecular flexibility index (Phi) is 1.93. The van der Waals surface area contributed by atoms with E-state index in [-0.39, 0.29) is 5.75 Å². The maximum absolute atomic E-state index is 7.86. The van der Waals surface area contributed by atoms with Crippen molar-refractivity contribution >= 4 is 12.7 Å². The van der Waals surface area contributed by atoms with Crippen molar-refractivity contribution in [1.82, 2.24) is 4.98 Å². The molecule has 0 atom stereocenters. The molecule has 0 saturated carbocycles. The molecule has 1 aliphatic rings. The Bertz CT molecular complexity index is 628. The molecule has 0 N–H and O–H groups in total. The highest BCUT2D eigenvalue weighted by Gasteiger charge is 2.52. The van der Waals surface area contributed by atoms with Gasteiger partial charge in [-0.05, 0) is 53.5 Å². The second kappa shape index (κ2) is 4.80. The molecule has 0 radical (unpaired) electrons. The van der Waals surface area contributed by atoms with Crippen molar-refractivity contribution in [1.29, 1.82) is 0 Å². The van der Waals surface area contributed by atoms with Gasteiger partial charge in [0.25, 0.3) is 0 Å². The highest BCUT2D eigenvalue weighted by Crippen LogP contribution is 2.36. The van der Waals surface area contributed by atoms with Crippen LogP contribution in [-0.2, 0) is 9.31 Å². The largest absolute Gasteiger partial charge is 0.514 e. The van der Waals surface area contributed by atoms with Crippen LogP contribution in [0.5, 0.6) is 5.75 Å². The third-order valence-corrected chi connectivity index (χ3v) is 3.47. The van der Waals surface area contributed by atoms with E-state index in [9.17, 15) is 0 Å². The van der Waals surface area contributed by atoms with E-state index in [2.05, 4.69) is 4.98 Å². The summed E-state index contributed by atoms with van der Waals surface area (Å²) in [7, 11) is -0.722. The molecule has 0 aromatic carbocycles. The minimum atomic E-state index is -3.18. The second-order valence-electron chi connectivity index (χ2n) is 5.44. The van der Waals surface area contributed by atoms with E-state index in [1.807, 2.05) is 27.7 Å². The fraction of sp³-hybridized carbons (Fsp3) is 0.643. The van der Waals surface area contributed by atoms with E-state index in [0.29, 0.717) is 5.59 Å². The zero-order valence-corrected chi connectivity index (χ0v) is 11.5. The normalized spacial score (nSPS) is 28.2. The molecule has 0 spiro atoms. The van der Waals surface area contributed by atoms with Crippen molar-refractivity contribution in [2.24, 2.45) is 0 Å². The Hall–Kier alpha value is -1.07. The molecule has 2 heterocycles. The van der Waals surface area contributed by atoms with Crippen LogP contribution in [0.2, 0.25) is 0 Å². The minimum Gasteiger partial charge on any atom is -0.489 e. The molecule has 104 valence electrons. The average Bonchev–Trinajstić information content (AvgIpc) is 2.65. The van der Waals surface area contributed by atoms with Crippen LogP contribution >= 0.6 is 0 Å². The number of ether oxygens (including phenoxy) is 1. The van der Waals surface area contributed by atoms with Gasteiger partial charge < -0.3 is 14.0 Å². The van der Waals surface area contributed by atoms with Gasteiger partial charge in [-0.3, -0.25) is 4.98 Å². The molecule has 0 bridgehead atoms. The van der Waals surface area contributed by atoms with E-state index >= 15 is 0 Å². The zero-order chi connectivity index (χ0) is 20.2. The molecular formula is C14H22BNO3. The van der Waals surface area contributed by atoms with Gasteiger partial charge in [-0.1, -0.05) is 0 Å². The molecule has 1 fully saturated rings. The van der Waals surface area contributed by atoms with Crippen molar-refractivity contribution in [3.8, 4) is 5.75 Å². The molecule has 1 aliphatic heterocycles. The number of hydrogen-bond acceptors (Lipinski definition) is 4. The minimum absolute atomic E-state index is 0.146. The third-order valence-electron chi connectivity index (χ3n) is 3.47. The van der Waals surface area contributed by atoms with Gasteiger partial charge in [-0.15, -0.1) is 0 Å². The number of nitrogens with zero attached hydrogens (tertiary/aromatic N) is 1. The summed E-state index contributed by atoms with van der Waals surface area (Å²) in [6.45, 7) is 1.22. The zero-order valence-electron chi connectivity index (χ0n) is 18.5. The maximum Gasteiger partial charge on any atom is 0.514 e. The highest BCUT2D eigenvalue weighted by atomic mass is 16.7. The molecule has 4 nitrogen and oxygen atoms in total. The average molecular weight is 270 g/mol. The second-order valence-corrected chi connectivity index (χ2v) is 5.44. The Balaban J connectivity index is 2.23. The van der Waals surface area contributed by atoms with Crippen LogP contribution in [0.1, 0.15) is 51.0 Å². The first-order chi connectivity index (χ1) is 11.5. The smallest absolute Gasteiger partial charge is 0.489 e. The Morgan fingerprint density at radius 3 is 2.37 bits per heavy atom. The molecule has 1 saturated heterocycles. The molecule has 5 heteroatoms. The Morgan fingerprint density at radius 2 is 1.89 bits per heavy atom. The van der Waals surface area contributed by atoms with Crippen LogP contribution in [0.25, 0.3) is 0 Å². The lowest BCUT2D eigenvalue weighted by Crippen LogP contribution is -2.41. The maximum atomic E-state index is 7.86. The van der Waals surface area contributed by atoms with Gasteiger partial charge in [-0.25, -0.2) is 0 Å². The Labute approximate surface area is 125 Å². The van der Waals surface area contributed by atoms with Gasteiger partial charge >= 0.3 is 7.12 Å². The molecule has 19 heavy (non-hydrogen) atoms. The van der Waals surface area contributed by atoms with Gasteiger partial charge in [0, 0.05) is 8.22 Å². The molecule has 1 aromatic rings. The summed E-state index contributed by atoms with van der Waals surface area (Å²) in [4.78, 5) is 4.11. The van der Waals surface area contributed by atoms with Gasteiger partial charge in [0.05, 0.1) is 30.4 Å². The van der Waals surface area contributed by atoms with Crippen LogP contribution in [0.3, 0.4) is 0 Å². The van der Waals surface area contributed by atoms with Crippen molar-refractivity contribution in [3.05, 3.63) is 18.3 Å². The predicted octanol–water partition coefficient (Wildman–Crippen LogP) is 2.17. The number of hydrogen-bond donors (Lipinski definition) is 0. The van der Waals surface area contributed by atoms with Crippen LogP contribution in [0.15, 0.2) is 18.3 Å². The molecular weight excluding hydrogens is 241 g/mol. The van der Waals surface area contributed by atoms with Crippen LogP contribution in [0, 0.1) is 0 Å². The van der Waals surface area contributed by atoms with E-state index in [1.54, 1.807) is 0 Å². The fourth-order valence-electron chi connectivity index (χ4n) is 1.67. The molecule has 0 aliphatic carbocycles. The van der Waals surface area contributed by atoms with E-state index < -0.39 is 38.1 Å². The lowest BCUT2D eigenvalue weighted by Gasteiger charge is -2.32. The van der Waals surface area contributed by atoms with Crippen LogP contribution in [-0.4, -0.2) is 29.4 Å². The lowest BCUT2D eigenvalue weighted by atomic mass is 9.84. The first-order valence-corrected chi connectivity index (χ1v) is 6.01. The third kappa shape index (κ3) is 2.93.